The maximum absolute atomic E-state index is 9.56. The highest BCUT2D eigenvalue weighted by Gasteiger charge is 2.23. The molecule has 0 spiro atoms. The second kappa shape index (κ2) is 11.1. The highest BCUT2D eigenvalue weighted by Crippen LogP contribution is 2.49. The third-order valence-electron chi connectivity index (χ3n) is 9.53. The average molecular weight is 631 g/mol. The molecule has 0 saturated carbocycles. The molecule has 0 atom stereocenters. The molecule has 228 valence electrons. The molecule has 0 aliphatic heterocycles. The van der Waals surface area contributed by atoms with Crippen molar-refractivity contribution in [3.05, 3.63) is 182 Å². The van der Waals surface area contributed by atoms with Crippen molar-refractivity contribution in [2.24, 2.45) is 0 Å². The lowest BCUT2D eigenvalue weighted by molar-refractivity contribution is 0.670. The van der Waals surface area contributed by atoms with Crippen LogP contribution in [0.25, 0.3) is 98.8 Å². The third kappa shape index (κ3) is 4.26. The monoisotopic (exact) mass is 630 g/mol. The molecule has 0 radical (unpaired) electrons. The summed E-state index contributed by atoms with van der Waals surface area (Å²) in [7, 11) is 0. The molecule has 0 unspecified atom stereocenters. The minimum atomic E-state index is -0.445. The Bertz CT molecular complexity index is 3250. The number of furan rings is 1. The van der Waals surface area contributed by atoms with Crippen molar-refractivity contribution >= 4 is 54.3 Å². The Morgan fingerprint density at radius 2 is 0.898 bits per heavy atom. The quantitative estimate of drug-likeness (QED) is 0.176. The van der Waals surface area contributed by atoms with E-state index < -0.39 is 24.2 Å². The highest BCUT2D eigenvalue weighted by molar-refractivity contribution is 6.27. The fraction of sp³-hybridized carbons (Fsp3) is 0. The fourth-order valence-corrected chi connectivity index (χ4v) is 7.44. The van der Waals surface area contributed by atoms with E-state index in [0.29, 0.717) is 33.2 Å². The molecule has 0 fully saturated rings. The van der Waals surface area contributed by atoms with Crippen LogP contribution in [0.15, 0.2) is 186 Å². The normalized spacial score (nSPS) is 14.0. The van der Waals surface area contributed by atoms with Gasteiger partial charge in [-0.2, -0.15) is 0 Å². The standard InChI is InChI=1S/C48H30O/c1-2-15-31(16-3-1)33-19-6-7-21-35(33)41-29-30-43(47-42-26-12-13-28-44(42)49-48(41)47)46-39-24-10-8-22-37(39)45(38-23-9-11-25-40(38)46)36-27-14-18-32-17-4-5-20-34(32)36/h1-30H/i8D,9D,10D,11D,22D,23D,24D,25D. The van der Waals surface area contributed by atoms with Gasteiger partial charge in [0.25, 0.3) is 0 Å². The van der Waals surface area contributed by atoms with Crippen molar-refractivity contribution in [1.82, 2.24) is 0 Å². The number of benzene rings is 9. The maximum Gasteiger partial charge on any atom is 0.143 e. The van der Waals surface area contributed by atoms with E-state index in [9.17, 15) is 5.48 Å². The van der Waals surface area contributed by atoms with Crippen molar-refractivity contribution in [2.75, 3.05) is 0 Å². The van der Waals surface area contributed by atoms with Crippen LogP contribution in [0.3, 0.4) is 0 Å². The molecule has 0 amide bonds. The Balaban J connectivity index is 1.46. The molecule has 0 bridgehead atoms. The minimum absolute atomic E-state index is 0.158. The van der Waals surface area contributed by atoms with Crippen molar-refractivity contribution in [3.8, 4) is 44.5 Å². The average Bonchev–Trinajstić information content (AvgIpc) is 3.65. The van der Waals surface area contributed by atoms with E-state index in [4.69, 9.17) is 9.90 Å². The van der Waals surface area contributed by atoms with Crippen LogP contribution in [0.2, 0.25) is 0 Å². The van der Waals surface area contributed by atoms with Crippen LogP contribution in [0.4, 0.5) is 0 Å². The first-order valence-corrected chi connectivity index (χ1v) is 16.2. The van der Waals surface area contributed by atoms with Crippen LogP contribution < -0.4 is 0 Å². The van der Waals surface area contributed by atoms with Crippen LogP contribution in [0, 0.1) is 0 Å². The van der Waals surface area contributed by atoms with Crippen LogP contribution >= 0.6 is 0 Å². The van der Waals surface area contributed by atoms with Crippen molar-refractivity contribution in [3.63, 3.8) is 0 Å². The Morgan fingerprint density at radius 1 is 0.367 bits per heavy atom. The summed E-state index contributed by atoms with van der Waals surface area (Å²) in [5.41, 5.74) is 6.59. The summed E-state index contributed by atoms with van der Waals surface area (Å²) >= 11 is 0. The Kier molecular flexibility index (Phi) is 4.69. The van der Waals surface area contributed by atoms with Crippen LogP contribution in [0.5, 0.6) is 0 Å². The van der Waals surface area contributed by atoms with Gasteiger partial charge in [-0.05, 0) is 83.4 Å². The van der Waals surface area contributed by atoms with Gasteiger partial charge in [-0.1, -0.05) is 170 Å². The summed E-state index contributed by atoms with van der Waals surface area (Å²) in [6.45, 7) is 0. The van der Waals surface area contributed by atoms with Crippen LogP contribution in [-0.4, -0.2) is 0 Å². The number of hydrogen-bond donors (Lipinski definition) is 0. The summed E-state index contributed by atoms with van der Waals surface area (Å²) in [6, 6.07) is 39.9. The molecule has 1 nitrogen and oxygen atoms in total. The molecule has 49 heavy (non-hydrogen) atoms. The summed E-state index contributed by atoms with van der Waals surface area (Å²) in [4.78, 5) is 0. The van der Waals surface area contributed by atoms with Gasteiger partial charge in [-0.15, -0.1) is 0 Å². The highest BCUT2D eigenvalue weighted by atomic mass is 16.3. The number of fused-ring (bicyclic) bond motifs is 6. The second-order valence-electron chi connectivity index (χ2n) is 12.2. The first kappa shape index (κ1) is 20.7. The van der Waals surface area contributed by atoms with E-state index >= 15 is 0 Å². The van der Waals surface area contributed by atoms with Gasteiger partial charge in [-0.3, -0.25) is 0 Å². The van der Waals surface area contributed by atoms with Gasteiger partial charge in [-0.25, -0.2) is 0 Å². The molecular formula is C48H30O. The summed E-state index contributed by atoms with van der Waals surface area (Å²) in [6.07, 6.45) is 0. The lowest BCUT2D eigenvalue weighted by Crippen LogP contribution is -1.93. The van der Waals surface area contributed by atoms with E-state index in [1.165, 1.54) is 0 Å². The summed E-state index contributed by atoms with van der Waals surface area (Å²) < 4.78 is 80.6. The SMILES string of the molecule is [2H]c1c([2H])c([2H])c2c(-c3ccc(-c4ccccc4-c4ccccc4)c4oc5ccccc5c34)c3c([2H])c([2H])c([2H])c([2H])c3c(-c3cccc4ccccc34)c2c1[2H]. The molecule has 0 N–H and O–H groups in total. The van der Waals surface area contributed by atoms with E-state index in [1.54, 1.807) is 0 Å². The van der Waals surface area contributed by atoms with Gasteiger partial charge in [0.15, 0.2) is 0 Å². The maximum atomic E-state index is 9.56. The zero-order valence-electron chi connectivity index (χ0n) is 34.1. The van der Waals surface area contributed by atoms with Crippen molar-refractivity contribution < 1.29 is 15.4 Å². The molecule has 1 aromatic heterocycles. The number of para-hydroxylation sites is 1. The van der Waals surface area contributed by atoms with Crippen LogP contribution in [-0.2, 0) is 0 Å². The summed E-state index contributed by atoms with van der Waals surface area (Å²) in [5.74, 6) is 0. The Labute approximate surface area is 295 Å². The van der Waals surface area contributed by atoms with Gasteiger partial charge in [0.05, 0.1) is 11.0 Å². The van der Waals surface area contributed by atoms with E-state index in [0.717, 1.165) is 38.4 Å². The third-order valence-corrected chi connectivity index (χ3v) is 9.53. The first-order valence-electron chi connectivity index (χ1n) is 20.2. The van der Waals surface area contributed by atoms with E-state index in [2.05, 4.69) is 18.2 Å². The first-order chi connectivity index (χ1) is 27.7. The van der Waals surface area contributed by atoms with Crippen molar-refractivity contribution in [1.29, 1.82) is 0 Å². The van der Waals surface area contributed by atoms with Crippen LogP contribution in [0.1, 0.15) is 11.0 Å². The van der Waals surface area contributed by atoms with Gasteiger partial charge in [0, 0.05) is 16.3 Å². The molecule has 1 heterocycles. The lowest BCUT2D eigenvalue weighted by Gasteiger charge is -2.20. The molecule has 1 heteroatoms. The lowest BCUT2D eigenvalue weighted by atomic mass is 9.83. The summed E-state index contributed by atoms with van der Waals surface area (Å²) in [5, 5.41) is 3.72. The number of hydrogen-bond acceptors (Lipinski definition) is 1. The van der Waals surface area contributed by atoms with Crippen molar-refractivity contribution in [2.45, 2.75) is 0 Å². The molecular weight excluding hydrogens is 593 g/mol. The molecule has 9 aromatic carbocycles. The van der Waals surface area contributed by atoms with E-state index in [1.807, 2.05) is 115 Å². The van der Waals surface area contributed by atoms with Gasteiger partial charge >= 0.3 is 0 Å². The van der Waals surface area contributed by atoms with Gasteiger partial charge < -0.3 is 4.42 Å². The Morgan fingerprint density at radius 3 is 1.63 bits per heavy atom. The smallest absolute Gasteiger partial charge is 0.143 e. The Hall–Kier alpha value is -6.44. The van der Waals surface area contributed by atoms with Gasteiger partial charge in [0.1, 0.15) is 11.2 Å². The molecule has 10 rings (SSSR count). The minimum Gasteiger partial charge on any atom is -0.455 e. The zero-order chi connectivity index (χ0) is 39.3. The zero-order valence-corrected chi connectivity index (χ0v) is 26.1. The van der Waals surface area contributed by atoms with E-state index in [-0.39, 0.29) is 51.3 Å². The molecule has 0 aliphatic carbocycles. The number of rotatable bonds is 4. The molecule has 0 saturated heterocycles. The largest absolute Gasteiger partial charge is 0.455 e. The topological polar surface area (TPSA) is 13.1 Å². The molecule has 10 aromatic rings. The second-order valence-corrected chi connectivity index (χ2v) is 12.2. The molecule has 0 aliphatic rings. The predicted octanol–water partition coefficient (Wildman–Crippen LogP) is 13.7. The fourth-order valence-electron chi connectivity index (χ4n) is 7.44. The van der Waals surface area contributed by atoms with Gasteiger partial charge in [0.2, 0.25) is 0 Å². The predicted molar refractivity (Wildman–Crippen MR) is 208 cm³/mol.